The molecule has 0 radical (unpaired) electrons. The van der Waals surface area contributed by atoms with Crippen LogP contribution in [0.15, 0.2) is 48.5 Å². The molecule has 0 spiro atoms. The maximum Gasteiger partial charge on any atom is 0.412 e. The summed E-state index contributed by atoms with van der Waals surface area (Å²) in [6.45, 7) is 2.04. The predicted octanol–water partition coefficient (Wildman–Crippen LogP) is 4.09. The molecule has 2 aromatic rings. The third kappa shape index (κ3) is 7.23. The van der Waals surface area contributed by atoms with E-state index in [9.17, 15) is 19.1 Å². The molecule has 2 aromatic carbocycles. The lowest BCUT2D eigenvalue weighted by atomic mass is 10.0. The molecule has 7 nitrogen and oxygen atoms in total. The zero-order valence-corrected chi connectivity index (χ0v) is 17.3. The predicted molar refractivity (Wildman–Crippen MR) is 112 cm³/mol. The van der Waals surface area contributed by atoms with E-state index in [4.69, 9.17) is 14.2 Å². The second-order valence-corrected chi connectivity index (χ2v) is 6.51. The van der Waals surface area contributed by atoms with Crippen LogP contribution in [-0.2, 0) is 19.0 Å². The Morgan fingerprint density at radius 2 is 1.93 bits per heavy atom. The number of para-hydroxylation sites is 1. The minimum absolute atomic E-state index is 0.00475. The van der Waals surface area contributed by atoms with Gasteiger partial charge in [-0.2, -0.15) is 12.6 Å². The molecule has 9 heteroatoms. The maximum atomic E-state index is 14.0. The Kier molecular flexibility index (Phi) is 9.43. The molecule has 0 heterocycles. The standard InChI is InChI=1S/C21H24FNO6S/c1-2-27-18(10-11-28-19(25)13-30)20(14-8-9-17(24)16(22)12-14)29-21(26)23-15-6-4-3-5-7-15/h3-9,12,18,20,24,30H,2,10-11,13H2,1H3,(H,23,26)/t18-,20-/m1/s1. The van der Waals surface area contributed by atoms with Crippen LogP contribution in [0.3, 0.4) is 0 Å². The highest BCUT2D eigenvalue weighted by Crippen LogP contribution is 2.29. The number of benzene rings is 2. The summed E-state index contributed by atoms with van der Waals surface area (Å²) in [5.74, 6) is -1.95. The Morgan fingerprint density at radius 1 is 1.20 bits per heavy atom. The molecule has 30 heavy (non-hydrogen) atoms. The van der Waals surface area contributed by atoms with Gasteiger partial charge in [0.1, 0.15) is 6.10 Å². The van der Waals surface area contributed by atoms with Crippen LogP contribution in [0.2, 0.25) is 0 Å². The van der Waals surface area contributed by atoms with E-state index in [1.807, 2.05) is 0 Å². The van der Waals surface area contributed by atoms with E-state index in [0.717, 1.165) is 6.07 Å². The Balaban J connectivity index is 2.21. The Morgan fingerprint density at radius 3 is 2.57 bits per heavy atom. The number of phenolic OH excluding ortho intramolecular Hbond substituents is 1. The molecule has 1 amide bonds. The summed E-state index contributed by atoms with van der Waals surface area (Å²) in [6, 6.07) is 12.4. The van der Waals surface area contributed by atoms with E-state index in [-0.39, 0.29) is 31.0 Å². The number of hydrogen-bond donors (Lipinski definition) is 3. The van der Waals surface area contributed by atoms with E-state index in [2.05, 4.69) is 17.9 Å². The van der Waals surface area contributed by atoms with Crippen LogP contribution in [0.4, 0.5) is 14.9 Å². The molecular formula is C21H24FNO6S. The number of phenols is 1. The van der Waals surface area contributed by atoms with Crippen LogP contribution in [-0.4, -0.2) is 42.2 Å². The number of carbonyl (C=O) groups is 2. The molecule has 0 aliphatic rings. The SMILES string of the molecule is CCO[C@H](CCOC(=O)CS)[C@H](OC(=O)Nc1ccccc1)c1ccc(O)c(F)c1. The molecular weight excluding hydrogens is 413 g/mol. The van der Waals surface area contributed by atoms with Gasteiger partial charge in [-0.25, -0.2) is 9.18 Å². The molecule has 2 N–H and O–H groups in total. The van der Waals surface area contributed by atoms with Crippen molar-refractivity contribution in [1.29, 1.82) is 0 Å². The fraction of sp³-hybridized carbons (Fsp3) is 0.333. The van der Waals surface area contributed by atoms with Crippen molar-refractivity contribution in [3.63, 3.8) is 0 Å². The van der Waals surface area contributed by atoms with E-state index in [1.54, 1.807) is 37.3 Å². The molecule has 0 aromatic heterocycles. The molecule has 0 unspecified atom stereocenters. The second kappa shape index (κ2) is 12.0. The van der Waals surface area contributed by atoms with E-state index in [1.165, 1.54) is 12.1 Å². The van der Waals surface area contributed by atoms with E-state index in [0.29, 0.717) is 5.69 Å². The van der Waals surface area contributed by atoms with Crippen molar-refractivity contribution in [3.8, 4) is 5.75 Å². The van der Waals surface area contributed by atoms with Gasteiger partial charge in [-0.1, -0.05) is 24.3 Å². The minimum Gasteiger partial charge on any atom is -0.505 e. The van der Waals surface area contributed by atoms with Gasteiger partial charge in [-0.05, 0) is 36.8 Å². The monoisotopic (exact) mass is 437 g/mol. The summed E-state index contributed by atoms with van der Waals surface area (Å²) in [4.78, 5) is 23.8. The summed E-state index contributed by atoms with van der Waals surface area (Å²) in [7, 11) is 0. The fourth-order valence-corrected chi connectivity index (χ4v) is 2.80. The number of rotatable bonds is 10. The number of thiol groups is 1. The summed E-state index contributed by atoms with van der Waals surface area (Å²) < 4.78 is 30.2. The first-order valence-corrected chi connectivity index (χ1v) is 9.97. The Labute approximate surface area is 179 Å². The van der Waals surface area contributed by atoms with Gasteiger partial charge in [-0.15, -0.1) is 0 Å². The van der Waals surface area contributed by atoms with E-state index >= 15 is 0 Å². The topological polar surface area (TPSA) is 94.1 Å². The number of ether oxygens (including phenoxy) is 3. The van der Waals surface area contributed by atoms with Gasteiger partial charge in [-0.3, -0.25) is 10.1 Å². The fourth-order valence-electron chi connectivity index (χ4n) is 2.71. The number of carbonyl (C=O) groups excluding carboxylic acids is 2. The molecule has 2 rings (SSSR count). The molecule has 2 atom stereocenters. The number of esters is 1. The first-order valence-electron chi connectivity index (χ1n) is 9.33. The van der Waals surface area contributed by atoms with Crippen molar-refractivity contribution in [2.75, 3.05) is 24.3 Å². The first-order chi connectivity index (χ1) is 14.4. The Hall–Kier alpha value is -2.78. The summed E-state index contributed by atoms with van der Waals surface area (Å²) in [5, 5.41) is 12.1. The van der Waals surface area contributed by atoms with Gasteiger partial charge in [0.2, 0.25) is 0 Å². The van der Waals surface area contributed by atoms with Gasteiger partial charge in [0, 0.05) is 18.7 Å². The van der Waals surface area contributed by atoms with Crippen molar-refractivity contribution >= 4 is 30.4 Å². The lowest BCUT2D eigenvalue weighted by molar-refractivity contribution is -0.142. The summed E-state index contributed by atoms with van der Waals surface area (Å²) >= 11 is 3.84. The average Bonchev–Trinajstić information content (AvgIpc) is 2.74. The van der Waals surface area contributed by atoms with Crippen molar-refractivity contribution in [1.82, 2.24) is 0 Å². The smallest absolute Gasteiger partial charge is 0.412 e. The molecule has 0 aliphatic carbocycles. The molecule has 0 bridgehead atoms. The lowest BCUT2D eigenvalue weighted by Crippen LogP contribution is -2.30. The third-order valence-corrected chi connectivity index (χ3v) is 4.33. The van der Waals surface area contributed by atoms with Crippen LogP contribution in [0.25, 0.3) is 0 Å². The number of nitrogens with one attached hydrogen (secondary N) is 1. The van der Waals surface area contributed by atoms with E-state index < -0.39 is 35.8 Å². The van der Waals surface area contributed by atoms with Crippen molar-refractivity contribution in [2.45, 2.75) is 25.6 Å². The van der Waals surface area contributed by atoms with Crippen LogP contribution < -0.4 is 5.32 Å². The van der Waals surface area contributed by atoms with Gasteiger partial charge < -0.3 is 19.3 Å². The number of halogens is 1. The molecule has 0 aliphatic heterocycles. The van der Waals surface area contributed by atoms with Crippen LogP contribution in [0.1, 0.15) is 25.0 Å². The lowest BCUT2D eigenvalue weighted by Gasteiger charge is -2.27. The highest BCUT2D eigenvalue weighted by Gasteiger charge is 2.29. The summed E-state index contributed by atoms with van der Waals surface area (Å²) in [6.07, 6.45) is -2.32. The van der Waals surface area contributed by atoms with Crippen LogP contribution >= 0.6 is 12.6 Å². The number of anilines is 1. The quantitative estimate of drug-likeness (QED) is 0.383. The van der Waals surface area contributed by atoms with Gasteiger partial charge >= 0.3 is 12.1 Å². The zero-order valence-electron chi connectivity index (χ0n) is 16.4. The second-order valence-electron chi connectivity index (χ2n) is 6.19. The highest BCUT2D eigenvalue weighted by molar-refractivity contribution is 7.81. The number of aromatic hydroxyl groups is 1. The maximum absolute atomic E-state index is 14.0. The first kappa shape index (κ1) is 23.5. The molecule has 162 valence electrons. The van der Waals surface area contributed by atoms with Crippen molar-refractivity contribution < 1.29 is 33.3 Å². The Bertz CT molecular complexity index is 836. The van der Waals surface area contributed by atoms with Crippen molar-refractivity contribution in [3.05, 3.63) is 59.9 Å². The van der Waals surface area contributed by atoms with Gasteiger partial charge in [0.25, 0.3) is 0 Å². The van der Waals surface area contributed by atoms with Crippen LogP contribution in [0.5, 0.6) is 5.75 Å². The summed E-state index contributed by atoms with van der Waals surface area (Å²) in [5.41, 5.74) is 0.807. The van der Waals surface area contributed by atoms with Crippen molar-refractivity contribution in [2.24, 2.45) is 0 Å². The normalized spacial score (nSPS) is 12.6. The van der Waals surface area contributed by atoms with Gasteiger partial charge in [0.15, 0.2) is 17.7 Å². The highest BCUT2D eigenvalue weighted by atomic mass is 32.1. The van der Waals surface area contributed by atoms with Crippen LogP contribution in [0, 0.1) is 5.82 Å². The minimum atomic E-state index is -1.02. The zero-order chi connectivity index (χ0) is 21.9. The molecule has 0 saturated heterocycles. The molecule has 0 fully saturated rings. The number of hydrogen-bond acceptors (Lipinski definition) is 7. The largest absolute Gasteiger partial charge is 0.505 e. The number of amides is 1. The van der Waals surface area contributed by atoms with Gasteiger partial charge in [0.05, 0.1) is 12.4 Å². The molecule has 0 saturated carbocycles. The average molecular weight is 437 g/mol. The third-order valence-electron chi connectivity index (χ3n) is 4.07.